The monoisotopic (exact) mass is 758 g/mol. The molecule has 0 saturated carbocycles. The van der Waals surface area contributed by atoms with Gasteiger partial charge in [0.25, 0.3) is 11.5 Å². The molecule has 7 aromatic rings. The van der Waals surface area contributed by atoms with Gasteiger partial charge in [0.2, 0.25) is 11.8 Å². The summed E-state index contributed by atoms with van der Waals surface area (Å²) in [7, 11) is 1.82. The number of piperidine rings is 1. The number of pyridine rings is 4. The molecule has 4 aromatic heterocycles. The van der Waals surface area contributed by atoms with Gasteiger partial charge in [-0.1, -0.05) is 55.5 Å². The number of aromatic nitrogens is 4. The predicted molar refractivity (Wildman–Crippen MR) is 218 cm³/mol. The number of imide groups is 1. The summed E-state index contributed by atoms with van der Waals surface area (Å²) >= 11 is 0. The molecule has 3 amide bonds. The van der Waals surface area contributed by atoms with Crippen molar-refractivity contribution in [2.24, 2.45) is 7.05 Å². The molecule has 0 bridgehead atoms. The molecule has 2 N–H and O–H groups in total. The summed E-state index contributed by atoms with van der Waals surface area (Å²) in [6, 6.07) is 25.0. The topological polar surface area (TPSA) is 136 Å². The van der Waals surface area contributed by atoms with Crippen LogP contribution < -0.4 is 16.2 Å². The Balaban J connectivity index is 0.988. The predicted octanol–water partition coefficient (Wildman–Crippen LogP) is 7.65. The maximum Gasteiger partial charge on any atom is 0.270 e. The molecule has 1 aliphatic heterocycles. The normalized spacial score (nSPS) is 14.2. The van der Waals surface area contributed by atoms with Gasteiger partial charge < -0.3 is 9.88 Å². The number of amides is 3. The second kappa shape index (κ2) is 15.0. The molecule has 1 unspecified atom stereocenters. The van der Waals surface area contributed by atoms with Crippen LogP contribution in [0.3, 0.4) is 0 Å². The van der Waals surface area contributed by atoms with Crippen LogP contribution in [0.15, 0.2) is 102 Å². The lowest BCUT2D eigenvalue weighted by molar-refractivity contribution is -0.134. The first kappa shape index (κ1) is 37.1. The molecule has 1 atom stereocenters. The van der Waals surface area contributed by atoms with E-state index < -0.39 is 17.6 Å². The van der Waals surface area contributed by atoms with Crippen LogP contribution >= 0.6 is 0 Å². The summed E-state index contributed by atoms with van der Waals surface area (Å²) in [6.45, 7) is 6.02. The van der Waals surface area contributed by atoms with E-state index in [-0.39, 0.29) is 42.5 Å². The highest BCUT2D eigenvalue weighted by molar-refractivity contribution is 6.05. The number of fused-ring (bicyclic) bond motifs is 2. The van der Waals surface area contributed by atoms with E-state index in [1.807, 2.05) is 51.4 Å². The van der Waals surface area contributed by atoms with E-state index in [2.05, 4.69) is 51.8 Å². The number of carbonyl (C=O) groups is 3. The van der Waals surface area contributed by atoms with Gasteiger partial charge in [-0.05, 0) is 95.8 Å². The van der Waals surface area contributed by atoms with Gasteiger partial charge in [-0.15, -0.1) is 0 Å². The third-order valence-electron chi connectivity index (χ3n) is 10.8. The third kappa shape index (κ3) is 6.97. The number of carbonyl (C=O) groups excluding carboxylic acids is 3. The Bertz CT molecular complexity index is 2850. The van der Waals surface area contributed by atoms with Crippen molar-refractivity contribution in [2.45, 2.75) is 52.5 Å². The lowest BCUT2D eigenvalue weighted by Crippen LogP contribution is -2.40. The summed E-state index contributed by atoms with van der Waals surface area (Å²) in [5, 5.41) is 8.19. The zero-order chi connectivity index (χ0) is 40.0. The van der Waals surface area contributed by atoms with E-state index in [4.69, 9.17) is 4.98 Å². The Morgan fingerprint density at radius 1 is 0.842 bits per heavy atom. The maximum absolute atomic E-state index is 15.6. The minimum absolute atomic E-state index is 0.00466. The second-order valence-corrected chi connectivity index (χ2v) is 14.5. The van der Waals surface area contributed by atoms with Gasteiger partial charge in [0.05, 0.1) is 22.8 Å². The van der Waals surface area contributed by atoms with E-state index in [1.54, 1.807) is 41.1 Å². The lowest BCUT2D eigenvalue weighted by Gasteiger charge is -2.21. The van der Waals surface area contributed by atoms with E-state index in [0.717, 1.165) is 61.6 Å². The van der Waals surface area contributed by atoms with Crippen molar-refractivity contribution in [3.63, 3.8) is 0 Å². The smallest absolute Gasteiger partial charge is 0.270 e. The number of nitrogens with zero attached hydrogens (tertiary/aromatic N) is 4. The van der Waals surface area contributed by atoms with Crippen LogP contribution in [0.5, 0.6) is 0 Å². The fraction of sp³-hybridized carbons (Fsp3) is 0.196. The van der Waals surface area contributed by atoms with Crippen molar-refractivity contribution < 1.29 is 18.8 Å². The van der Waals surface area contributed by atoms with Gasteiger partial charge in [-0.2, -0.15) is 0 Å². The zero-order valence-corrected chi connectivity index (χ0v) is 31.9. The molecular weight excluding hydrogens is 720 g/mol. The third-order valence-corrected chi connectivity index (χ3v) is 10.8. The Morgan fingerprint density at radius 2 is 1.65 bits per heavy atom. The first-order chi connectivity index (χ1) is 27.5. The van der Waals surface area contributed by atoms with Crippen molar-refractivity contribution in [2.75, 3.05) is 0 Å². The van der Waals surface area contributed by atoms with Crippen LogP contribution in [-0.4, -0.2) is 37.2 Å². The molecule has 0 aliphatic carbocycles. The first-order valence-electron chi connectivity index (χ1n) is 18.9. The largest absolute Gasteiger partial charge is 0.347 e. The van der Waals surface area contributed by atoms with Gasteiger partial charge >= 0.3 is 0 Å². The maximum atomic E-state index is 15.6. The summed E-state index contributed by atoms with van der Waals surface area (Å²) in [5.41, 5.74) is 9.00. The second-order valence-electron chi connectivity index (χ2n) is 14.5. The molecule has 11 heteroatoms. The highest BCUT2D eigenvalue weighted by atomic mass is 19.1. The van der Waals surface area contributed by atoms with Crippen LogP contribution in [0.4, 0.5) is 4.39 Å². The summed E-state index contributed by atoms with van der Waals surface area (Å²) in [5.74, 6) is -2.68. The van der Waals surface area contributed by atoms with Crippen LogP contribution in [-0.2, 0) is 29.6 Å². The highest BCUT2D eigenvalue weighted by Gasteiger charge is 2.32. The summed E-state index contributed by atoms with van der Waals surface area (Å²) < 4.78 is 17.3. The Labute approximate surface area is 327 Å². The van der Waals surface area contributed by atoms with E-state index >= 15 is 4.39 Å². The average Bonchev–Trinajstić information content (AvgIpc) is 3.22. The quantitative estimate of drug-likeness (QED) is 0.152. The molecule has 0 radical (unpaired) electrons. The molecule has 3 aromatic carbocycles. The molecule has 8 rings (SSSR count). The number of halogens is 1. The number of hydrogen-bond acceptors (Lipinski definition) is 7. The van der Waals surface area contributed by atoms with Gasteiger partial charge in [0, 0.05) is 66.1 Å². The number of hydrogen-bond donors (Lipinski definition) is 2. The molecular formula is C46H39FN6O4. The lowest BCUT2D eigenvalue weighted by atomic mass is 9.92. The molecule has 57 heavy (non-hydrogen) atoms. The molecule has 10 nitrogen and oxygen atoms in total. The van der Waals surface area contributed by atoms with E-state index in [0.29, 0.717) is 27.9 Å². The van der Waals surface area contributed by atoms with Crippen molar-refractivity contribution >= 4 is 39.4 Å². The standard InChI is InChI=1S/C46H39FN6O4/c1-5-27-19-35(36-18-26(3)46(57)53(4)39(36)20-27)33-8-6-7-30-21-38(49-24-37(30)33)31-17-25(2)42(50-23-31)45(56)51-22-28-9-11-29(12-10-28)32-15-16-48-43(41(32)47)34-13-14-40(54)52-44(34)55/h6-12,15-21,23-24,34H,5,13-14,22H2,1-4H3,(H,51,56)(H,52,54,55). The van der Waals surface area contributed by atoms with Crippen LogP contribution in [0.25, 0.3) is 55.2 Å². The average molecular weight is 759 g/mol. The van der Waals surface area contributed by atoms with Crippen LogP contribution in [0.1, 0.15) is 64.1 Å². The summed E-state index contributed by atoms with van der Waals surface area (Å²) in [6.07, 6.45) is 6.15. The SMILES string of the molecule is CCc1cc(-c2cccc3cc(-c4cnc(C(=O)NCc5ccc(-c6ccnc(C7CCC(=O)NC7=O)c6F)cc5)c(C)c4)ncc23)c2cc(C)c(=O)n(C)c2c1. The summed E-state index contributed by atoms with van der Waals surface area (Å²) in [4.78, 5) is 63.5. The Morgan fingerprint density at radius 3 is 2.40 bits per heavy atom. The Hall–Kier alpha value is -6.88. The number of benzene rings is 3. The van der Waals surface area contributed by atoms with Gasteiger partial charge in [-0.3, -0.25) is 39.4 Å². The van der Waals surface area contributed by atoms with E-state index in [1.165, 1.54) is 6.20 Å². The van der Waals surface area contributed by atoms with Crippen molar-refractivity contribution in [3.8, 4) is 33.5 Å². The van der Waals surface area contributed by atoms with Crippen molar-refractivity contribution in [3.05, 3.63) is 147 Å². The number of rotatable bonds is 8. The molecule has 1 saturated heterocycles. The van der Waals surface area contributed by atoms with E-state index in [9.17, 15) is 19.2 Å². The highest BCUT2D eigenvalue weighted by Crippen LogP contribution is 2.36. The minimum atomic E-state index is -0.833. The molecule has 5 heterocycles. The van der Waals surface area contributed by atoms with Gasteiger partial charge in [0.15, 0.2) is 5.82 Å². The van der Waals surface area contributed by atoms with Gasteiger partial charge in [-0.25, -0.2) is 4.39 Å². The number of aryl methyl sites for hydroxylation is 4. The Kier molecular flexibility index (Phi) is 9.74. The minimum Gasteiger partial charge on any atom is -0.347 e. The fourth-order valence-electron chi connectivity index (χ4n) is 7.67. The number of nitrogens with one attached hydrogen (secondary N) is 2. The first-order valence-corrected chi connectivity index (χ1v) is 18.9. The van der Waals surface area contributed by atoms with Crippen molar-refractivity contribution in [1.82, 2.24) is 30.2 Å². The van der Waals surface area contributed by atoms with Crippen LogP contribution in [0, 0.1) is 19.7 Å². The van der Waals surface area contributed by atoms with Crippen molar-refractivity contribution in [1.29, 1.82) is 0 Å². The van der Waals surface area contributed by atoms with Gasteiger partial charge in [0.1, 0.15) is 5.69 Å². The molecule has 1 fully saturated rings. The molecule has 0 spiro atoms. The molecule has 284 valence electrons. The molecule has 1 aliphatic rings. The van der Waals surface area contributed by atoms with Crippen LogP contribution in [0.2, 0.25) is 0 Å². The fourth-order valence-corrected chi connectivity index (χ4v) is 7.67. The zero-order valence-electron chi connectivity index (χ0n) is 31.9.